The fourth-order valence-corrected chi connectivity index (χ4v) is 5.92. The highest BCUT2D eigenvalue weighted by Crippen LogP contribution is 2.43. The minimum Gasteiger partial charge on any atom is -0.485 e. The quantitative estimate of drug-likeness (QED) is 0.202. The van der Waals surface area contributed by atoms with Gasteiger partial charge >= 0.3 is 6.09 Å². The number of aromatic nitrogens is 3. The number of thiazole rings is 1. The van der Waals surface area contributed by atoms with Crippen LogP contribution >= 0.6 is 11.3 Å². The average Bonchev–Trinajstić information content (AvgIpc) is 3.55. The normalized spacial score (nSPS) is 14.2. The van der Waals surface area contributed by atoms with Gasteiger partial charge in [0.15, 0.2) is 11.6 Å². The number of nitrogens with zero attached hydrogens (tertiary/aromatic N) is 5. The summed E-state index contributed by atoms with van der Waals surface area (Å²) < 4.78 is 27.0. The summed E-state index contributed by atoms with van der Waals surface area (Å²) in [6, 6.07) is 10.3. The number of nitro benzene ring substituents is 1. The molecule has 1 aliphatic heterocycles. The molecule has 0 fully saturated rings. The van der Waals surface area contributed by atoms with Crippen LogP contribution in [-0.4, -0.2) is 50.8 Å². The van der Waals surface area contributed by atoms with Crippen molar-refractivity contribution >= 4 is 50.1 Å². The van der Waals surface area contributed by atoms with Crippen LogP contribution in [0.2, 0.25) is 0 Å². The van der Waals surface area contributed by atoms with E-state index >= 15 is 4.39 Å². The number of methoxy groups -OCH3 is 1. The summed E-state index contributed by atoms with van der Waals surface area (Å²) in [4.78, 5) is 37.2. The third kappa shape index (κ3) is 4.39. The van der Waals surface area contributed by atoms with Crippen LogP contribution in [0.1, 0.15) is 11.1 Å². The number of hydrogen-bond acceptors (Lipinski definition) is 9. The molecule has 2 aromatic heterocycles. The predicted molar refractivity (Wildman–Crippen MR) is 146 cm³/mol. The highest BCUT2D eigenvalue weighted by molar-refractivity contribution is 7.22. The van der Waals surface area contributed by atoms with Crippen molar-refractivity contribution in [3.8, 4) is 22.2 Å². The van der Waals surface area contributed by atoms with E-state index in [9.17, 15) is 20.0 Å². The zero-order chi connectivity index (χ0) is 28.1. The van der Waals surface area contributed by atoms with Gasteiger partial charge in [-0.25, -0.2) is 24.1 Å². The maximum absolute atomic E-state index is 15.2. The summed E-state index contributed by atoms with van der Waals surface area (Å²) in [6.07, 6.45) is -0.148. The summed E-state index contributed by atoms with van der Waals surface area (Å²) in [6.45, 7) is 1.83. The number of rotatable bonds is 6. The molecule has 202 valence electrons. The number of fused-ring (bicyclic) bond motifs is 4. The predicted octanol–water partition coefficient (Wildman–Crippen LogP) is 5.76. The number of carboxylic acid groups (broad SMARTS) is 1. The van der Waals surface area contributed by atoms with E-state index in [2.05, 4.69) is 9.97 Å². The molecule has 13 heteroatoms. The number of anilines is 1. The van der Waals surface area contributed by atoms with Crippen molar-refractivity contribution in [2.45, 2.75) is 19.4 Å². The third-order valence-corrected chi connectivity index (χ3v) is 7.76. The van der Waals surface area contributed by atoms with Gasteiger partial charge in [0.05, 0.1) is 46.0 Å². The monoisotopic (exact) mass is 561 g/mol. The second-order valence-electron chi connectivity index (χ2n) is 9.24. The fraction of sp³-hybridized carbons (Fsp3) is 0.185. The van der Waals surface area contributed by atoms with Crippen molar-refractivity contribution in [2.75, 3.05) is 18.6 Å². The highest BCUT2D eigenvalue weighted by atomic mass is 32.1. The SMILES string of the molecule is COc1cnc2c(-c3nc4cc(F)c5c(c4s3)CC(CN(C(=O)O)c3ccc([N+](=O)[O-])cc3)O5)cc(C)cc2n1. The molecule has 0 bridgehead atoms. The first-order chi connectivity index (χ1) is 19.2. The van der Waals surface area contributed by atoms with Crippen molar-refractivity contribution in [2.24, 2.45) is 0 Å². The molecule has 0 aliphatic carbocycles. The van der Waals surface area contributed by atoms with Crippen molar-refractivity contribution < 1.29 is 28.7 Å². The number of halogens is 1. The van der Waals surface area contributed by atoms with E-state index in [1.165, 1.54) is 55.0 Å². The van der Waals surface area contributed by atoms with Gasteiger partial charge in [0, 0.05) is 41.4 Å². The van der Waals surface area contributed by atoms with Gasteiger partial charge in [0.2, 0.25) is 5.88 Å². The smallest absolute Gasteiger partial charge is 0.411 e. The van der Waals surface area contributed by atoms with Crippen LogP contribution < -0.4 is 14.4 Å². The van der Waals surface area contributed by atoms with Gasteiger partial charge in [-0.3, -0.25) is 15.0 Å². The molecule has 1 amide bonds. The van der Waals surface area contributed by atoms with Crippen LogP contribution in [-0.2, 0) is 6.42 Å². The van der Waals surface area contributed by atoms with E-state index in [-0.39, 0.29) is 30.1 Å². The number of non-ortho nitro benzene ring substituents is 1. The molecule has 1 atom stereocenters. The zero-order valence-corrected chi connectivity index (χ0v) is 21.9. The Balaban J connectivity index is 1.34. The van der Waals surface area contributed by atoms with Crippen LogP contribution in [0.4, 0.5) is 20.6 Å². The first-order valence-electron chi connectivity index (χ1n) is 12.1. The summed E-state index contributed by atoms with van der Waals surface area (Å²) in [5.41, 5.74) is 4.15. The third-order valence-electron chi connectivity index (χ3n) is 6.60. The maximum atomic E-state index is 15.2. The van der Waals surface area contributed by atoms with Crippen molar-refractivity contribution in [3.63, 3.8) is 0 Å². The van der Waals surface area contributed by atoms with Gasteiger partial charge in [0.1, 0.15) is 11.1 Å². The number of benzene rings is 3. The largest absolute Gasteiger partial charge is 0.485 e. The zero-order valence-electron chi connectivity index (χ0n) is 21.1. The highest BCUT2D eigenvalue weighted by Gasteiger charge is 2.33. The number of nitro groups is 1. The average molecular weight is 562 g/mol. The van der Waals surface area contributed by atoms with E-state index in [0.29, 0.717) is 33.0 Å². The standard InChI is InChI=1S/C27H20FN5O6S/c1-13-7-17(23-20(8-13)30-22(38-2)11-29-23)26-31-21-10-19(28)24-18(25(21)40-26)9-16(39-24)12-32(27(34)35)14-3-5-15(6-4-14)33(36)37/h3-8,10-11,16H,9,12H2,1-2H3,(H,34,35). The Bertz CT molecular complexity index is 1830. The van der Waals surface area contributed by atoms with Crippen molar-refractivity contribution in [3.05, 3.63) is 75.7 Å². The molecule has 0 radical (unpaired) electrons. The van der Waals surface area contributed by atoms with Crippen molar-refractivity contribution in [1.82, 2.24) is 15.0 Å². The number of aryl methyl sites for hydroxylation is 1. The second-order valence-corrected chi connectivity index (χ2v) is 10.2. The van der Waals surface area contributed by atoms with Crippen LogP contribution in [0.15, 0.2) is 48.7 Å². The van der Waals surface area contributed by atoms with Gasteiger partial charge in [-0.05, 0) is 36.8 Å². The van der Waals surface area contributed by atoms with E-state index in [0.717, 1.165) is 20.7 Å². The van der Waals surface area contributed by atoms with E-state index in [1.807, 2.05) is 19.1 Å². The second kappa shape index (κ2) is 9.68. The molecule has 3 heterocycles. The summed E-state index contributed by atoms with van der Waals surface area (Å²) >= 11 is 1.38. The molecule has 40 heavy (non-hydrogen) atoms. The minimum atomic E-state index is -1.26. The summed E-state index contributed by atoms with van der Waals surface area (Å²) in [5, 5.41) is 21.4. The molecule has 0 saturated heterocycles. The van der Waals surface area contributed by atoms with Crippen LogP contribution in [0.5, 0.6) is 11.6 Å². The molecular formula is C27H20FN5O6S. The van der Waals surface area contributed by atoms with Crippen LogP contribution in [0, 0.1) is 22.9 Å². The molecule has 1 aliphatic rings. The lowest BCUT2D eigenvalue weighted by atomic mass is 10.1. The Morgan fingerprint density at radius 3 is 2.73 bits per heavy atom. The topological polar surface area (TPSA) is 141 Å². The summed E-state index contributed by atoms with van der Waals surface area (Å²) in [5.74, 6) is -0.126. The van der Waals surface area contributed by atoms with Gasteiger partial charge in [-0.1, -0.05) is 0 Å². The molecule has 6 rings (SSSR count). The molecule has 0 saturated carbocycles. The Kier molecular flexibility index (Phi) is 6.14. The summed E-state index contributed by atoms with van der Waals surface area (Å²) in [7, 11) is 1.52. The lowest BCUT2D eigenvalue weighted by Gasteiger charge is -2.22. The lowest BCUT2D eigenvalue weighted by Crippen LogP contribution is -2.38. The molecule has 0 spiro atoms. The van der Waals surface area contributed by atoms with Crippen LogP contribution in [0.25, 0.3) is 31.8 Å². The molecule has 1 unspecified atom stereocenters. The van der Waals surface area contributed by atoms with E-state index in [4.69, 9.17) is 14.5 Å². The molecule has 11 nitrogen and oxygen atoms in total. The fourth-order valence-electron chi connectivity index (χ4n) is 4.81. The minimum absolute atomic E-state index is 0.0698. The first kappa shape index (κ1) is 25.4. The Hall–Kier alpha value is -4.91. The Morgan fingerprint density at radius 2 is 2.02 bits per heavy atom. The van der Waals surface area contributed by atoms with Crippen molar-refractivity contribution in [1.29, 1.82) is 0 Å². The van der Waals surface area contributed by atoms with E-state index < -0.39 is 22.9 Å². The first-order valence-corrected chi connectivity index (χ1v) is 12.9. The number of amides is 1. The lowest BCUT2D eigenvalue weighted by molar-refractivity contribution is -0.384. The van der Waals surface area contributed by atoms with Gasteiger partial charge in [-0.2, -0.15) is 0 Å². The Labute approximate surface area is 229 Å². The van der Waals surface area contributed by atoms with Gasteiger partial charge in [-0.15, -0.1) is 11.3 Å². The molecule has 1 N–H and O–H groups in total. The number of hydrogen-bond donors (Lipinski definition) is 1. The van der Waals surface area contributed by atoms with Crippen LogP contribution in [0.3, 0.4) is 0 Å². The number of carbonyl (C=O) groups is 1. The molecule has 3 aromatic carbocycles. The molecule has 5 aromatic rings. The van der Waals surface area contributed by atoms with E-state index in [1.54, 1.807) is 0 Å². The maximum Gasteiger partial charge on any atom is 0.411 e. The van der Waals surface area contributed by atoms with Gasteiger partial charge in [0.25, 0.3) is 5.69 Å². The Morgan fingerprint density at radius 1 is 1.25 bits per heavy atom. The van der Waals surface area contributed by atoms with Gasteiger partial charge < -0.3 is 14.6 Å². The number of ether oxygens (including phenoxy) is 2. The molecular weight excluding hydrogens is 541 g/mol.